The van der Waals surface area contributed by atoms with Gasteiger partial charge in [0.05, 0.1) is 13.1 Å². The Kier molecular flexibility index (Phi) is 6.48. The van der Waals surface area contributed by atoms with Crippen LogP contribution in [0.25, 0.3) is 0 Å². The van der Waals surface area contributed by atoms with Gasteiger partial charge in [-0.25, -0.2) is 0 Å². The standard InChI is InChI=1S/C24H25BrN2OS/c1-2-20-16-21(24(29-20)26-23(28)18-8-4-3-5-9-18)22(27-14-6-7-15-27)17-10-12-19(25)13-11-17/h3-5,8-13,16,22H,2,6-7,14-15H2,1H3,(H,26,28)/p+1/t22-/m0/s1. The third kappa shape index (κ3) is 4.63. The summed E-state index contributed by atoms with van der Waals surface area (Å²) in [4.78, 5) is 15.8. The SMILES string of the molecule is CCc1cc([C@H](c2ccc(Br)cc2)[NH+]2CCCC2)c(NC(=O)c2ccccc2)s1. The van der Waals surface area contributed by atoms with Crippen LogP contribution in [0.4, 0.5) is 5.00 Å². The van der Waals surface area contributed by atoms with E-state index in [0.717, 1.165) is 15.9 Å². The summed E-state index contributed by atoms with van der Waals surface area (Å²) in [6, 6.07) is 20.7. The number of hydrogen-bond donors (Lipinski definition) is 2. The second kappa shape index (κ2) is 9.24. The summed E-state index contributed by atoms with van der Waals surface area (Å²) in [5, 5.41) is 4.21. The van der Waals surface area contributed by atoms with Crippen molar-refractivity contribution in [1.29, 1.82) is 0 Å². The number of aryl methyl sites for hydroxylation is 1. The van der Waals surface area contributed by atoms with Gasteiger partial charge in [-0.05, 0) is 36.8 Å². The minimum atomic E-state index is -0.0395. The van der Waals surface area contributed by atoms with Crippen LogP contribution in [0.3, 0.4) is 0 Å². The topological polar surface area (TPSA) is 33.5 Å². The molecule has 1 aliphatic heterocycles. The van der Waals surface area contributed by atoms with Gasteiger partial charge in [0.1, 0.15) is 11.0 Å². The molecule has 2 heterocycles. The van der Waals surface area contributed by atoms with Gasteiger partial charge in [0.25, 0.3) is 5.91 Å². The molecule has 0 unspecified atom stereocenters. The van der Waals surface area contributed by atoms with E-state index >= 15 is 0 Å². The molecule has 1 saturated heterocycles. The Morgan fingerprint density at radius 2 is 1.79 bits per heavy atom. The number of likely N-dealkylation sites (tertiary alicyclic amines) is 1. The van der Waals surface area contributed by atoms with Gasteiger partial charge in [-0.15, -0.1) is 11.3 Å². The van der Waals surface area contributed by atoms with Gasteiger partial charge in [0, 0.05) is 38.9 Å². The van der Waals surface area contributed by atoms with E-state index in [1.165, 1.54) is 41.9 Å². The van der Waals surface area contributed by atoms with Gasteiger partial charge in [0.2, 0.25) is 0 Å². The monoisotopic (exact) mass is 469 g/mol. The van der Waals surface area contributed by atoms with Gasteiger partial charge in [-0.3, -0.25) is 4.79 Å². The van der Waals surface area contributed by atoms with Crippen LogP contribution in [0.5, 0.6) is 0 Å². The van der Waals surface area contributed by atoms with E-state index in [9.17, 15) is 4.79 Å². The first-order valence-electron chi connectivity index (χ1n) is 10.2. The number of anilines is 1. The Balaban J connectivity index is 1.73. The van der Waals surface area contributed by atoms with Crippen LogP contribution in [0.2, 0.25) is 0 Å². The predicted octanol–water partition coefficient (Wildman–Crippen LogP) is 5.09. The second-order valence-electron chi connectivity index (χ2n) is 7.52. The van der Waals surface area contributed by atoms with Crippen molar-refractivity contribution in [3.05, 3.63) is 86.7 Å². The number of carbonyl (C=O) groups excluding carboxylic acids is 1. The lowest BCUT2D eigenvalue weighted by atomic mass is 9.98. The van der Waals surface area contributed by atoms with E-state index in [0.29, 0.717) is 5.56 Å². The van der Waals surface area contributed by atoms with Crippen LogP contribution in [0, 0.1) is 0 Å². The van der Waals surface area contributed by atoms with Gasteiger partial charge in [-0.2, -0.15) is 0 Å². The highest BCUT2D eigenvalue weighted by atomic mass is 79.9. The molecule has 4 rings (SSSR count). The third-order valence-electron chi connectivity index (χ3n) is 5.59. The van der Waals surface area contributed by atoms with Crippen LogP contribution >= 0.6 is 27.3 Å². The zero-order valence-electron chi connectivity index (χ0n) is 16.6. The normalized spacial score (nSPS) is 15.4. The molecule has 1 amide bonds. The summed E-state index contributed by atoms with van der Waals surface area (Å²) in [5.74, 6) is -0.0395. The molecule has 5 heteroatoms. The molecule has 1 aromatic heterocycles. The molecule has 0 spiro atoms. The Hall–Kier alpha value is -1.95. The first-order valence-corrected chi connectivity index (χ1v) is 11.9. The minimum absolute atomic E-state index is 0.0395. The zero-order valence-corrected chi connectivity index (χ0v) is 19.0. The fraction of sp³-hybridized carbons (Fsp3) is 0.292. The number of carbonyl (C=O) groups is 1. The summed E-state index contributed by atoms with van der Waals surface area (Å²) in [6.07, 6.45) is 3.50. The van der Waals surface area contributed by atoms with Crippen molar-refractivity contribution in [3.63, 3.8) is 0 Å². The lowest BCUT2D eigenvalue weighted by Gasteiger charge is -2.25. The van der Waals surface area contributed by atoms with E-state index in [1.807, 2.05) is 30.3 Å². The average Bonchev–Trinajstić information content (AvgIpc) is 3.41. The van der Waals surface area contributed by atoms with Gasteiger partial charge < -0.3 is 10.2 Å². The van der Waals surface area contributed by atoms with Crippen LogP contribution < -0.4 is 10.2 Å². The number of amides is 1. The average molecular weight is 470 g/mol. The number of benzene rings is 2. The molecule has 0 radical (unpaired) electrons. The van der Waals surface area contributed by atoms with Crippen molar-refractivity contribution in [3.8, 4) is 0 Å². The summed E-state index contributed by atoms with van der Waals surface area (Å²) in [6.45, 7) is 4.52. The van der Waals surface area contributed by atoms with Crippen LogP contribution in [-0.2, 0) is 6.42 Å². The maximum absolute atomic E-state index is 12.9. The summed E-state index contributed by atoms with van der Waals surface area (Å²) >= 11 is 5.27. The van der Waals surface area contributed by atoms with Crippen LogP contribution in [-0.4, -0.2) is 19.0 Å². The molecule has 0 saturated carbocycles. The van der Waals surface area contributed by atoms with Crippen molar-refractivity contribution in [2.45, 2.75) is 32.2 Å². The summed E-state index contributed by atoms with van der Waals surface area (Å²) in [7, 11) is 0. The number of halogens is 1. The zero-order chi connectivity index (χ0) is 20.2. The highest BCUT2D eigenvalue weighted by molar-refractivity contribution is 9.10. The van der Waals surface area contributed by atoms with Crippen molar-refractivity contribution >= 4 is 38.2 Å². The maximum atomic E-state index is 12.9. The molecule has 1 aliphatic rings. The van der Waals surface area contributed by atoms with Gasteiger partial charge >= 0.3 is 0 Å². The molecular formula is C24H26BrN2OS+. The quantitative estimate of drug-likeness (QED) is 0.517. The molecule has 29 heavy (non-hydrogen) atoms. The maximum Gasteiger partial charge on any atom is 0.256 e. The van der Waals surface area contributed by atoms with E-state index in [-0.39, 0.29) is 11.9 Å². The van der Waals surface area contributed by atoms with E-state index in [2.05, 4.69) is 58.5 Å². The Morgan fingerprint density at radius 3 is 2.45 bits per heavy atom. The number of thiophene rings is 1. The first kappa shape index (κ1) is 20.3. The smallest absolute Gasteiger partial charge is 0.256 e. The largest absolute Gasteiger partial charge is 0.325 e. The predicted molar refractivity (Wildman–Crippen MR) is 124 cm³/mol. The second-order valence-corrected chi connectivity index (χ2v) is 9.57. The summed E-state index contributed by atoms with van der Waals surface area (Å²) in [5.41, 5.74) is 3.25. The molecule has 1 atom stereocenters. The van der Waals surface area contributed by atoms with E-state index in [4.69, 9.17) is 0 Å². The van der Waals surface area contributed by atoms with Gasteiger partial charge in [0.15, 0.2) is 0 Å². The molecule has 3 nitrogen and oxygen atoms in total. The minimum Gasteiger partial charge on any atom is -0.325 e. The fourth-order valence-corrected chi connectivity index (χ4v) is 5.41. The molecule has 0 aliphatic carbocycles. The van der Waals surface area contributed by atoms with Crippen LogP contribution in [0.1, 0.15) is 52.2 Å². The van der Waals surface area contributed by atoms with E-state index < -0.39 is 0 Å². The molecule has 150 valence electrons. The molecular weight excluding hydrogens is 444 g/mol. The molecule has 3 aromatic rings. The molecule has 0 bridgehead atoms. The third-order valence-corrected chi connectivity index (χ3v) is 7.33. The Bertz CT molecular complexity index is 962. The summed E-state index contributed by atoms with van der Waals surface area (Å²) < 4.78 is 1.09. The van der Waals surface area contributed by atoms with Crippen molar-refractivity contribution in [1.82, 2.24) is 0 Å². The lowest BCUT2D eigenvalue weighted by Crippen LogP contribution is -3.10. The highest BCUT2D eigenvalue weighted by Crippen LogP contribution is 2.36. The Labute approximate surface area is 184 Å². The molecule has 2 N–H and O–H groups in total. The van der Waals surface area contributed by atoms with Crippen molar-refractivity contribution in [2.75, 3.05) is 18.4 Å². The van der Waals surface area contributed by atoms with Gasteiger partial charge in [-0.1, -0.05) is 53.2 Å². The number of rotatable bonds is 6. The number of quaternary nitrogens is 1. The Morgan fingerprint density at radius 1 is 1.10 bits per heavy atom. The van der Waals surface area contributed by atoms with Crippen molar-refractivity contribution < 1.29 is 9.69 Å². The molecule has 2 aromatic carbocycles. The lowest BCUT2D eigenvalue weighted by molar-refractivity contribution is -0.913. The number of nitrogens with one attached hydrogen (secondary N) is 2. The molecule has 1 fully saturated rings. The first-order chi connectivity index (χ1) is 14.2. The number of hydrogen-bond acceptors (Lipinski definition) is 2. The van der Waals surface area contributed by atoms with Crippen LogP contribution in [0.15, 0.2) is 65.1 Å². The highest BCUT2D eigenvalue weighted by Gasteiger charge is 2.32. The van der Waals surface area contributed by atoms with Crippen molar-refractivity contribution in [2.24, 2.45) is 0 Å². The fourth-order valence-electron chi connectivity index (χ4n) is 4.12. The van der Waals surface area contributed by atoms with E-state index in [1.54, 1.807) is 16.2 Å².